The van der Waals surface area contributed by atoms with Gasteiger partial charge < -0.3 is 20.5 Å². The number of fused-ring (bicyclic) bond motifs is 1. The SMILES string of the molecule is CCOC(=O)CNC(=S)NC[C@@H](O)c1ccc2ccccc2c1. The van der Waals surface area contributed by atoms with Crippen molar-refractivity contribution in [1.82, 2.24) is 10.6 Å². The number of esters is 1. The third-order valence-electron chi connectivity index (χ3n) is 3.31. The molecule has 0 aliphatic carbocycles. The minimum absolute atomic E-state index is 0.00570. The van der Waals surface area contributed by atoms with Gasteiger partial charge in [-0.15, -0.1) is 0 Å². The van der Waals surface area contributed by atoms with Crippen LogP contribution in [0, 0.1) is 0 Å². The van der Waals surface area contributed by atoms with Crippen molar-refractivity contribution < 1.29 is 14.6 Å². The van der Waals surface area contributed by atoms with E-state index in [1.54, 1.807) is 6.92 Å². The van der Waals surface area contributed by atoms with Crippen molar-refractivity contribution in [3.63, 3.8) is 0 Å². The van der Waals surface area contributed by atoms with E-state index in [1.807, 2.05) is 42.5 Å². The van der Waals surface area contributed by atoms with Crippen LogP contribution >= 0.6 is 12.2 Å². The summed E-state index contributed by atoms with van der Waals surface area (Å²) in [4.78, 5) is 11.2. The second-order valence-electron chi connectivity index (χ2n) is 4.99. The molecule has 0 bridgehead atoms. The summed E-state index contributed by atoms with van der Waals surface area (Å²) in [5.41, 5.74) is 0.810. The van der Waals surface area contributed by atoms with Crippen LogP contribution in [0.2, 0.25) is 0 Å². The van der Waals surface area contributed by atoms with E-state index in [9.17, 15) is 9.90 Å². The smallest absolute Gasteiger partial charge is 0.325 e. The fraction of sp³-hybridized carbons (Fsp3) is 0.294. The lowest BCUT2D eigenvalue weighted by Gasteiger charge is -2.15. The summed E-state index contributed by atoms with van der Waals surface area (Å²) in [6, 6.07) is 13.8. The maximum Gasteiger partial charge on any atom is 0.325 e. The summed E-state index contributed by atoms with van der Waals surface area (Å²) < 4.78 is 4.79. The van der Waals surface area contributed by atoms with Gasteiger partial charge in [-0.2, -0.15) is 0 Å². The van der Waals surface area contributed by atoms with E-state index in [0.717, 1.165) is 16.3 Å². The molecule has 0 heterocycles. The quantitative estimate of drug-likeness (QED) is 0.554. The van der Waals surface area contributed by atoms with Crippen molar-refractivity contribution in [3.05, 3.63) is 48.0 Å². The fourth-order valence-electron chi connectivity index (χ4n) is 2.15. The van der Waals surface area contributed by atoms with Crippen molar-refractivity contribution in [1.29, 1.82) is 0 Å². The van der Waals surface area contributed by atoms with Crippen molar-refractivity contribution in [2.24, 2.45) is 0 Å². The van der Waals surface area contributed by atoms with Crippen LogP contribution in [0.1, 0.15) is 18.6 Å². The number of benzene rings is 2. The Hall–Kier alpha value is -2.18. The highest BCUT2D eigenvalue weighted by molar-refractivity contribution is 7.80. The van der Waals surface area contributed by atoms with Crippen LogP contribution in [0.5, 0.6) is 0 Å². The molecule has 0 spiro atoms. The van der Waals surface area contributed by atoms with E-state index in [2.05, 4.69) is 10.6 Å². The first-order chi connectivity index (χ1) is 11.1. The van der Waals surface area contributed by atoms with E-state index < -0.39 is 6.10 Å². The molecule has 6 heteroatoms. The Morgan fingerprint density at radius 1 is 1.22 bits per heavy atom. The van der Waals surface area contributed by atoms with Crippen LogP contribution in [0.15, 0.2) is 42.5 Å². The zero-order valence-corrected chi connectivity index (χ0v) is 13.7. The summed E-state index contributed by atoms with van der Waals surface area (Å²) in [5.74, 6) is -0.369. The van der Waals surface area contributed by atoms with Crippen LogP contribution in [-0.2, 0) is 9.53 Å². The van der Waals surface area contributed by atoms with Gasteiger partial charge in [0, 0.05) is 6.54 Å². The van der Waals surface area contributed by atoms with E-state index in [1.165, 1.54) is 0 Å². The lowest BCUT2D eigenvalue weighted by atomic mass is 10.0. The summed E-state index contributed by atoms with van der Waals surface area (Å²) in [5, 5.41) is 18.4. The third kappa shape index (κ3) is 5.19. The van der Waals surface area contributed by atoms with Crippen molar-refractivity contribution in [2.45, 2.75) is 13.0 Å². The molecule has 0 aliphatic rings. The van der Waals surface area contributed by atoms with E-state index in [-0.39, 0.29) is 19.1 Å². The first-order valence-electron chi connectivity index (χ1n) is 7.44. The Labute approximate surface area is 140 Å². The predicted molar refractivity (Wildman–Crippen MR) is 94.1 cm³/mol. The van der Waals surface area contributed by atoms with Crippen molar-refractivity contribution >= 4 is 34.1 Å². The number of carbonyl (C=O) groups excluding carboxylic acids is 1. The molecule has 122 valence electrons. The normalized spacial score (nSPS) is 11.7. The number of ether oxygens (including phenoxy) is 1. The van der Waals surface area contributed by atoms with Gasteiger partial charge in [-0.1, -0.05) is 36.4 Å². The number of carbonyl (C=O) groups is 1. The molecular weight excluding hydrogens is 312 g/mol. The van der Waals surface area contributed by atoms with E-state index >= 15 is 0 Å². The number of rotatable bonds is 6. The molecular formula is C17H20N2O3S. The van der Waals surface area contributed by atoms with E-state index in [0.29, 0.717) is 11.7 Å². The third-order valence-corrected chi connectivity index (χ3v) is 3.60. The zero-order valence-electron chi connectivity index (χ0n) is 12.9. The molecule has 23 heavy (non-hydrogen) atoms. The number of aliphatic hydroxyl groups excluding tert-OH is 1. The molecule has 1 atom stereocenters. The highest BCUT2D eigenvalue weighted by atomic mass is 32.1. The Morgan fingerprint density at radius 3 is 2.70 bits per heavy atom. The van der Waals surface area contributed by atoms with Crippen LogP contribution in [0.3, 0.4) is 0 Å². The molecule has 0 radical (unpaired) electrons. The molecule has 2 rings (SSSR count). The first-order valence-corrected chi connectivity index (χ1v) is 7.85. The Kier molecular flexibility index (Phi) is 6.31. The summed E-state index contributed by atoms with van der Waals surface area (Å²) in [6.07, 6.45) is -0.693. The maximum absolute atomic E-state index is 11.2. The zero-order chi connectivity index (χ0) is 16.7. The average Bonchev–Trinajstić information content (AvgIpc) is 2.57. The van der Waals surface area contributed by atoms with Crippen molar-refractivity contribution in [3.8, 4) is 0 Å². The molecule has 0 aromatic heterocycles. The summed E-state index contributed by atoms with van der Waals surface area (Å²) >= 11 is 5.06. The maximum atomic E-state index is 11.2. The van der Waals surface area contributed by atoms with Crippen LogP contribution in [0.4, 0.5) is 0 Å². The lowest BCUT2D eigenvalue weighted by molar-refractivity contribution is -0.141. The monoisotopic (exact) mass is 332 g/mol. The molecule has 0 unspecified atom stereocenters. The van der Waals surface area contributed by atoms with Gasteiger partial charge in [-0.25, -0.2) is 0 Å². The molecule has 0 saturated heterocycles. The molecule has 0 saturated carbocycles. The minimum atomic E-state index is -0.693. The highest BCUT2D eigenvalue weighted by Gasteiger charge is 2.09. The molecule has 5 nitrogen and oxygen atoms in total. The standard InChI is InChI=1S/C17H20N2O3S/c1-2-22-16(21)11-19-17(23)18-10-15(20)14-8-7-12-5-3-4-6-13(12)9-14/h3-9,15,20H,2,10-11H2,1H3,(H2,18,19,23)/t15-/m1/s1. The van der Waals surface area contributed by atoms with Gasteiger partial charge in [0.2, 0.25) is 0 Å². The van der Waals surface area contributed by atoms with Crippen LogP contribution in [-0.4, -0.2) is 35.9 Å². The first kappa shape index (κ1) is 17.2. The van der Waals surface area contributed by atoms with Gasteiger partial charge in [0.05, 0.1) is 12.7 Å². The van der Waals surface area contributed by atoms with Crippen LogP contribution in [0.25, 0.3) is 10.8 Å². The predicted octanol–water partition coefficient (Wildman–Crippen LogP) is 1.90. The molecule has 0 amide bonds. The average molecular weight is 332 g/mol. The molecule has 0 fully saturated rings. The number of hydrogen-bond acceptors (Lipinski definition) is 4. The molecule has 2 aromatic rings. The summed E-state index contributed by atoms with van der Waals surface area (Å²) in [7, 11) is 0. The number of nitrogens with one attached hydrogen (secondary N) is 2. The van der Waals surface area contributed by atoms with Gasteiger partial charge >= 0.3 is 5.97 Å². The van der Waals surface area contributed by atoms with Crippen LogP contribution < -0.4 is 10.6 Å². The molecule has 0 aliphatic heterocycles. The van der Waals surface area contributed by atoms with Gasteiger partial charge in [-0.3, -0.25) is 4.79 Å². The Morgan fingerprint density at radius 2 is 1.96 bits per heavy atom. The molecule has 2 aromatic carbocycles. The number of aliphatic hydroxyl groups is 1. The largest absolute Gasteiger partial charge is 0.465 e. The highest BCUT2D eigenvalue weighted by Crippen LogP contribution is 2.19. The second kappa shape index (κ2) is 8.45. The molecule has 3 N–H and O–H groups in total. The van der Waals surface area contributed by atoms with E-state index in [4.69, 9.17) is 17.0 Å². The van der Waals surface area contributed by atoms with Gasteiger partial charge in [-0.05, 0) is 41.5 Å². The Bertz CT molecular complexity index is 690. The van der Waals surface area contributed by atoms with Crippen molar-refractivity contribution in [2.75, 3.05) is 19.7 Å². The fourth-order valence-corrected chi connectivity index (χ4v) is 2.30. The number of thiocarbonyl (C=S) groups is 1. The summed E-state index contributed by atoms with van der Waals surface area (Å²) in [6.45, 7) is 2.34. The number of hydrogen-bond donors (Lipinski definition) is 3. The topological polar surface area (TPSA) is 70.6 Å². The second-order valence-corrected chi connectivity index (χ2v) is 5.40. The Balaban J connectivity index is 1.84. The lowest BCUT2D eigenvalue weighted by Crippen LogP contribution is -2.40. The van der Waals surface area contributed by atoms with Gasteiger partial charge in [0.25, 0.3) is 0 Å². The van der Waals surface area contributed by atoms with Gasteiger partial charge in [0.1, 0.15) is 6.54 Å². The minimum Gasteiger partial charge on any atom is -0.465 e. The van der Waals surface area contributed by atoms with Gasteiger partial charge in [0.15, 0.2) is 5.11 Å².